The molecule has 0 aliphatic rings. The number of unbranched alkanes of at least 4 members (excludes halogenated alkanes) is 7. The Morgan fingerprint density at radius 1 is 0.650 bits per heavy atom. The van der Waals surface area contributed by atoms with E-state index in [9.17, 15) is 0 Å². The standard InChI is InChI=1S/C17H38NO.BrH/c1-4-6-8-10-12-15-18(3,16-13-17-19)14-11-9-7-5-2;/h19H,4-17H2,1-3H3;1H/q+1;/p-1. The summed E-state index contributed by atoms with van der Waals surface area (Å²) in [6, 6.07) is 0. The molecule has 0 aromatic rings. The number of hydrogen-bond donors (Lipinski definition) is 1. The third-order valence-corrected chi connectivity index (χ3v) is 4.21. The first-order chi connectivity index (χ1) is 9.18. The minimum atomic E-state index is 0. The molecule has 2 nitrogen and oxygen atoms in total. The van der Waals surface area contributed by atoms with E-state index in [1.54, 1.807) is 0 Å². The topological polar surface area (TPSA) is 20.2 Å². The molecule has 124 valence electrons. The van der Waals surface area contributed by atoms with Gasteiger partial charge in [0.05, 0.1) is 26.7 Å². The maximum absolute atomic E-state index is 9.07. The zero-order valence-corrected chi connectivity index (χ0v) is 15.8. The van der Waals surface area contributed by atoms with Gasteiger partial charge in [-0.1, -0.05) is 46.0 Å². The van der Waals surface area contributed by atoms with Crippen molar-refractivity contribution in [3.8, 4) is 0 Å². The third-order valence-electron chi connectivity index (χ3n) is 4.21. The normalized spacial score (nSPS) is 13.8. The van der Waals surface area contributed by atoms with Crippen LogP contribution in [0, 0.1) is 0 Å². The van der Waals surface area contributed by atoms with Crippen molar-refractivity contribution >= 4 is 0 Å². The first-order valence-corrected chi connectivity index (χ1v) is 8.63. The summed E-state index contributed by atoms with van der Waals surface area (Å²) in [5.41, 5.74) is 0. The Morgan fingerprint density at radius 2 is 1.05 bits per heavy atom. The zero-order valence-electron chi connectivity index (χ0n) is 14.2. The maximum Gasteiger partial charge on any atom is 0.0806 e. The molecule has 0 bridgehead atoms. The summed E-state index contributed by atoms with van der Waals surface area (Å²) in [7, 11) is 2.39. The fraction of sp³-hybridized carbons (Fsp3) is 1.00. The number of aliphatic hydroxyl groups is 1. The van der Waals surface area contributed by atoms with Crippen LogP contribution in [0.3, 0.4) is 0 Å². The minimum absolute atomic E-state index is 0. The lowest BCUT2D eigenvalue weighted by molar-refractivity contribution is -0.910. The fourth-order valence-electron chi connectivity index (χ4n) is 2.81. The summed E-state index contributed by atoms with van der Waals surface area (Å²) in [6.07, 6.45) is 13.2. The summed E-state index contributed by atoms with van der Waals surface area (Å²) >= 11 is 0. The number of nitrogens with zero attached hydrogens (tertiary/aromatic N) is 1. The predicted molar refractivity (Wildman–Crippen MR) is 85.4 cm³/mol. The van der Waals surface area contributed by atoms with E-state index in [1.165, 1.54) is 75.4 Å². The molecular weight excluding hydrogens is 314 g/mol. The summed E-state index contributed by atoms with van der Waals surface area (Å²) in [5, 5.41) is 9.07. The van der Waals surface area contributed by atoms with Crippen LogP contribution < -0.4 is 17.0 Å². The Hall–Kier alpha value is 0.400. The molecule has 1 atom stereocenters. The van der Waals surface area contributed by atoms with Crippen molar-refractivity contribution in [1.29, 1.82) is 0 Å². The van der Waals surface area contributed by atoms with Crippen molar-refractivity contribution in [2.45, 2.75) is 78.1 Å². The fourth-order valence-corrected chi connectivity index (χ4v) is 2.81. The molecule has 0 heterocycles. The van der Waals surface area contributed by atoms with E-state index in [1.807, 2.05) is 0 Å². The van der Waals surface area contributed by atoms with Crippen LogP contribution in [0.2, 0.25) is 0 Å². The second-order valence-corrected chi connectivity index (χ2v) is 6.34. The van der Waals surface area contributed by atoms with E-state index < -0.39 is 0 Å². The quantitative estimate of drug-likeness (QED) is 0.370. The van der Waals surface area contributed by atoms with Crippen molar-refractivity contribution in [1.82, 2.24) is 0 Å². The Kier molecular flexibility index (Phi) is 17.9. The van der Waals surface area contributed by atoms with Gasteiger partial charge in [-0.25, -0.2) is 0 Å². The van der Waals surface area contributed by atoms with Gasteiger partial charge in [0.2, 0.25) is 0 Å². The van der Waals surface area contributed by atoms with Gasteiger partial charge in [-0.15, -0.1) is 0 Å². The summed E-state index contributed by atoms with van der Waals surface area (Å²) in [5.74, 6) is 0. The largest absolute Gasteiger partial charge is 1.00 e. The maximum atomic E-state index is 9.07. The van der Waals surface area contributed by atoms with Crippen LogP contribution in [0.15, 0.2) is 0 Å². The molecule has 0 amide bonds. The summed E-state index contributed by atoms with van der Waals surface area (Å²) < 4.78 is 1.18. The number of quaternary nitrogens is 1. The average Bonchev–Trinajstić information content (AvgIpc) is 2.41. The molecule has 0 aromatic heterocycles. The zero-order chi connectivity index (χ0) is 14.4. The molecule has 3 heteroatoms. The first kappa shape index (κ1) is 22.7. The van der Waals surface area contributed by atoms with E-state index in [0.717, 1.165) is 13.0 Å². The number of aliphatic hydroxyl groups excluding tert-OH is 1. The van der Waals surface area contributed by atoms with Gasteiger partial charge in [0, 0.05) is 13.0 Å². The molecule has 0 aliphatic carbocycles. The molecule has 0 radical (unpaired) electrons. The van der Waals surface area contributed by atoms with Crippen LogP contribution in [0.4, 0.5) is 0 Å². The van der Waals surface area contributed by atoms with Crippen LogP contribution in [-0.2, 0) is 0 Å². The second-order valence-electron chi connectivity index (χ2n) is 6.34. The molecule has 1 unspecified atom stereocenters. The molecule has 0 saturated carbocycles. The van der Waals surface area contributed by atoms with Gasteiger partial charge in [-0.2, -0.15) is 0 Å². The Labute approximate surface area is 138 Å². The lowest BCUT2D eigenvalue weighted by Crippen LogP contribution is -3.00. The Morgan fingerprint density at radius 3 is 1.50 bits per heavy atom. The Bertz CT molecular complexity index is 190. The lowest BCUT2D eigenvalue weighted by Gasteiger charge is -2.35. The first-order valence-electron chi connectivity index (χ1n) is 8.63. The third kappa shape index (κ3) is 13.4. The van der Waals surface area contributed by atoms with Crippen molar-refractivity contribution in [2.75, 3.05) is 33.3 Å². The van der Waals surface area contributed by atoms with Crippen molar-refractivity contribution in [3.63, 3.8) is 0 Å². The molecule has 0 rings (SSSR count). The van der Waals surface area contributed by atoms with Gasteiger partial charge in [-0.3, -0.25) is 0 Å². The van der Waals surface area contributed by atoms with Crippen LogP contribution in [-0.4, -0.2) is 42.9 Å². The highest BCUT2D eigenvalue weighted by Crippen LogP contribution is 2.13. The number of halogens is 1. The molecule has 0 fully saturated rings. The average molecular weight is 352 g/mol. The van der Waals surface area contributed by atoms with E-state index in [4.69, 9.17) is 5.11 Å². The molecule has 0 aliphatic heterocycles. The molecular formula is C17H38BrNO. The highest BCUT2D eigenvalue weighted by atomic mass is 79.9. The summed E-state index contributed by atoms with van der Waals surface area (Å²) in [6.45, 7) is 8.64. The van der Waals surface area contributed by atoms with Crippen molar-refractivity contribution in [2.24, 2.45) is 0 Å². The smallest absolute Gasteiger partial charge is 0.0806 e. The highest BCUT2D eigenvalue weighted by Gasteiger charge is 2.19. The predicted octanol–water partition coefficient (Wildman–Crippen LogP) is 1.37. The van der Waals surface area contributed by atoms with Crippen LogP contribution in [0.1, 0.15) is 78.1 Å². The van der Waals surface area contributed by atoms with Gasteiger partial charge in [0.15, 0.2) is 0 Å². The highest BCUT2D eigenvalue weighted by molar-refractivity contribution is 4.48. The summed E-state index contributed by atoms with van der Waals surface area (Å²) in [4.78, 5) is 0. The van der Waals surface area contributed by atoms with E-state index in [2.05, 4.69) is 20.9 Å². The minimum Gasteiger partial charge on any atom is -1.00 e. The SMILES string of the molecule is CCCCCCC[N+](C)(CCCO)CCCCCC.[Br-]. The molecule has 0 saturated heterocycles. The van der Waals surface area contributed by atoms with Gasteiger partial charge in [0.25, 0.3) is 0 Å². The molecule has 20 heavy (non-hydrogen) atoms. The van der Waals surface area contributed by atoms with Crippen LogP contribution >= 0.6 is 0 Å². The van der Waals surface area contributed by atoms with Crippen molar-refractivity contribution < 1.29 is 26.6 Å². The van der Waals surface area contributed by atoms with Gasteiger partial charge in [0.1, 0.15) is 0 Å². The monoisotopic (exact) mass is 351 g/mol. The van der Waals surface area contributed by atoms with E-state index in [0.29, 0.717) is 6.61 Å². The van der Waals surface area contributed by atoms with Gasteiger partial charge < -0.3 is 26.6 Å². The van der Waals surface area contributed by atoms with Gasteiger partial charge >= 0.3 is 0 Å². The van der Waals surface area contributed by atoms with Crippen molar-refractivity contribution in [3.05, 3.63) is 0 Å². The molecule has 1 N–H and O–H groups in total. The molecule has 0 aromatic carbocycles. The second kappa shape index (κ2) is 15.8. The molecule has 0 spiro atoms. The van der Waals surface area contributed by atoms with Gasteiger partial charge in [-0.05, 0) is 25.7 Å². The Balaban J connectivity index is 0. The van der Waals surface area contributed by atoms with Crippen LogP contribution in [0.5, 0.6) is 0 Å². The van der Waals surface area contributed by atoms with Crippen LogP contribution in [0.25, 0.3) is 0 Å². The van der Waals surface area contributed by atoms with E-state index >= 15 is 0 Å². The lowest BCUT2D eigenvalue weighted by atomic mass is 10.1. The van der Waals surface area contributed by atoms with E-state index in [-0.39, 0.29) is 17.0 Å². The number of rotatable bonds is 14. The number of hydrogen-bond acceptors (Lipinski definition) is 1.